The van der Waals surface area contributed by atoms with Gasteiger partial charge in [-0.15, -0.1) is 0 Å². The predicted molar refractivity (Wildman–Crippen MR) is 71.8 cm³/mol. The van der Waals surface area contributed by atoms with Gasteiger partial charge in [-0.05, 0) is 5.56 Å². The molecule has 17 heavy (non-hydrogen) atoms. The van der Waals surface area contributed by atoms with E-state index in [1.807, 2.05) is 30.3 Å². The van der Waals surface area contributed by atoms with Crippen LogP contribution in [0.1, 0.15) is 18.1 Å². The van der Waals surface area contributed by atoms with Gasteiger partial charge < -0.3 is 4.74 Å². The van der Waals surface area contributed by atoms with Crippen LogP contribution in [0.5, 0.6) is 0 Å². The molecule has 0 amide bonds. The Balaban J connectivity index is 2.25. The van der Waals surface area contributed by atoms with E-state index < -0.39 is 3.79 Å². The van der Waals surface area contributed by atoms with Gasteiger partial charge in [0.25, 0.3) is 3.79 Å². The average Bonchev–Trinajstić information content (AvgIpc) is 2.28. The molecule has 1 aliphatic heterocycles. The van der Waals surface area contributed by atoms with Crippen LogP contribution in [0, 0.1) is 0 Å². The third kappa shape index (κ3) is 3.15. The molecule has 90 valence electrons. The second-order valence-electron chi connectivity index (χ2n) is 3.70. The van der Waals surface area contributed by atoms with Crippen molar-refractivity contribution in [3.63, 3.8) is 0 Å². The summed E-state index contributed by atoms with van der Waals surface area (Å²) in [5, 5.41) is 0. The van der Waals surface area contributed by atoms with Crippen molar-refractivity contribution in [2.24, 2.45) is 4.99 Å². The van der Waals surface area contributed by atoms with Crippen molar-refractivity contribution in [3.05, 3.63) is 48.2 Å². The van der Waals surface area contributed by atoms with Gasteiger partial charge in [0.05, 0.1) is 0 Å². The summed E-state index contributed by atoms with van der Waals surface area (Å²) < 4.78 is 3.94. The molecule has 0 N–H and O–H groups in total. The summed E-state index contributed by atoms with van der Waals surface area (Å²) in [6.45, 7) is 3.81. The van der Waals surface area contributed by atoms with Crippen molar-refractivity contribution >= 4 is 40.7 Å². The molecule has 0 fully saturated rings. The van der Waals surface area contributed by atoms with E-state index in [1.165, 1.54) is 0 Å². The van der Waals surface area contributed by atoms with E-state index in [-0.39, 0.29) is 12.0 Å². The van der Waals surface area contributed by atoms with Crippen LogP contribution in [0.2, 0.25) is 0 Å². The molecule has 0 radical (unpaired) electrons. The van der Waals surface area contributed by atoms with Crippen LogP contribution in [0.4, 0.5) is 0 Å². The van der Waals surface area contributed by atoms with E-state index in [2.05, 4.69) is 11.6 Å². The molecule has 1 aromatic carbocycles. The molecule has 5 heteroatoms. The smallest absolute Gasteiger partial charge is 0.266 e. The molecular formula is C12H10Cl3NO. The lowest BCUT2D eigenvalue weighted by atomic mass is 10.0. The van der Waals surface area contributed by atoms with Gasteiger partial charge >= 0.3 is 0 Å². The first-order valence-corrected chi connectivity index (χ1v) is 6.15. The van der Waals surface area contributed by atoms with Crippen LogP contribution in [0.3, 0.4) is 0 Å². The highest BCUT2D eigenvalue weighted by Crippen LogP contribution is 2.37. The fourth-order valence-corrected chi connectivity index (χ4v) is 1.85. The Morgan fingerprint density at radius 3 is 2.47 bits per heavy atom. The Bertz CT molecular complexity index is 451. The molecule has 0 saturated carbocycles. The molecule has 2 nitrogen and oxygen atoms in total. The number of halogens is 3. The Morgan fingerprint density at radius 1 is 1.24 bits per heavy atom. The van der Waals surface area contributed by atoms with Gasteiger partial charge in [-0.2, -0.15) is 0 Å². The van der Waals surface area contributed by atoms with E-state index in [9.17, 15) is 0 Å². The van der Waals surface area contributed by atoms with Crippen molar-refractivity contribution in [2.75, 3.05) is 0 Å². The highest BCUT2D eigenvalue weighted by molar-refractivity contribution is 6.76. The van der Waals surface area contributed by atoms with Crippen LogP contribution >= 0.6 is 34.8 Å². The molecule has 0 aromatic heterocycles. The monoisotopic (exact) mass is 289 g/mol. The zero-order valence-corrected chi connectivity index (χ0v) is 11.1. The summed E-state index contributed by atoms with van der Waals surface area (Å²) in [6, 6.07) is 9.72. The third-order valence-corrected chi connectivity index (χ3v) is 2.83. The molecule has 1 heterocycles. The molecule has 0 spiro atoms. The Kier molecular flexibility index (Phi) is 3.67. The number of aliphatic imine (C=N–C) groups is 1. The largest absolute Gasteiger partial charge is 0.469 e. The number of benzene rings is 1. The average molecular weight is 291 g/mol. The van der Waals surface area contributed by atoms with E-state index in [0.29, 0.717) is 12.1 Å². The zero-order valence-electron chi connectivity index (χ0n) is 8.87. The first-order chi connectivity index (χ1) is 7.97. The van der Waals surface area contributed by atoms with Crippen molar-refractivity contribution in [3.8, 4) is 0 Å². The molecule has 0 bridgehead atoms. The summed E-state index contributed by atoms with van der Waals surface area (Å²) in [5.74, 6) is 0.0765. The maximum Gasteiger partial charge on any atom is 0.266 e. The van der Waals surface area contributed by atoms with Crippen LogP contribution in [0.15, 0.2) is 47.6 Å². The van der Waals surface area contributed by atoms with Gasteiger partial charge in [-0.1, -0.05) is 71.7 Å². The van der Waals surface area contributed by atoms with Crippen LogP contribution in [-0.2, 0) is 4.74 Å². The molecule has 1 atom stereocenters. The molecule has 1 aromatic rings. The lowest BCUT2D eigenvalue weighted by Gasteiger charge is -2.27. The highest BCUT2D eigenvalue weighted by atomic mass is 35.6. The number of hydrogen-bond acceptors (Lipinski definition) is 2. The number of nitrogens with zero attached hydrogens (tertiary/aromatic N) is 1. The standard InChI is InChI=1S/C12H10Cl3NO/c1-8-7-10(9-5-3-2-4-6-9)17-11(16-8)12(13,14)15/h2-6,10H,1,7H2. The summed E-state index contributed by atoms with van der Waals surface area (Å²) in [5.41, 5.74) is 1.65. The normalized spacial score (nSPS) is 20.8. The summed E-state index contributed by atoms with van der Waals surface area (Å²) in [6.07, 6.45) is 0.390. The second kappa shape index (κ2) is 4.89. The number of ether oxygens (including phenoxy) is 1. The molecule has 1 unspecified atom stereocenters. The number of hydrogen-bond donors (Lipinski definition) is 0. The minimum atomic E-state index is -1.66. The van der Waals surface area contributed by atoms with Crippen molar-refractivity contribution in [1.29, 1.82) is 0 Å². The van der Waals surface area contributed by atoms with Crippen molar-refractivity contribution in [2.45, 2.75) is 16.3 Å². The molecule has 1 aliphatic rings. The van der Waals surface area contributed by atoms with Gasteiger partial charge in [-0.3, -0.25) is 0 Å². The van der Waals surface area contributed by atoms with E-state index in [0.717, 1.165) is 5.56 Å². The highest BCUT2D eigenvalue weighted by Gasteiger charge is 2.35. The van der Waals surface area contributed by atoms with Gasteiger partial charge in [0, 0.05) is 12.1 Å². The Morgan fingerprint density at radius 2 is 1.88 bits per heavy atom. The third-order valence-electron chi connectivity index (χ3n) is 2.35. The second-order valence-corrected chi connectivity index (χ2v) is 5.98. The number of alkyl halides is 3. The first kappa shape index (κ1) is 12.7. The topological polar surface area (TPSA) is 21.6 Å². The molecule has 0 saturated heterocycles. The van der Waals surface area contributed by atoms with Crippen LogP contribution in [0.25, 0.3) is 0 Å². The van der Waals surface area contributed by atoms with E-state index in [4.69, 9.17) is 39.5 Å². The minimum absolute atomic E-state index is 0.0765. The Hall–Kier alpha value is -0.700. The Labute approximate surface area is 115 Å². The van der Waals surface area contributed by atoms with E-state index >= 15 is 0 Å². The predicted octanol–water partition coefficient (Wildman–Crippen LogP) is 4.43. The van der Waals surface area contributed by atoms with Gasteiger partial charge in [0.2, 0.25) is 5.90 Å². The van der Waals surface area contributed by atoms with Gasteiger partial charge in [-0.25, -0.2) is 4.99 Å². The SMILES string of the molecule is C=C1CC(c2ccccc2)OC(C(Cl)(Cl)Cl)=N1. The summed E-state index contributed by atoms with van der Waals surface area (Å²) in [4.78, 5) is 4.03. The maximum absolute atomic E-state index is 5.76. The zero-order chi connectivity index (χ0) is 12.5. The molecule has 2 rings (SSSR count). The first-order valence-electron chi connectivity index (χ1n) is 5.02. The van der Waals surface area contributed by atoms with Gasteiger partial charge in [0.15, 0.2) is 0 Å². The quantitative estimate of drug-likeness (QED) is 0.701. The lowest BCUT2D eigenvalue weighted by Crippen LogP contribution is -2.28. The fourth-order valence-electron chi connectivity index (χ4n) is 1.59. The minimum Gasteiger partial charge on any atom is -0.469 e. The van der Waals surface area contributed by atoms with Crippen molar-refractivity contribution < 1.29 is 4.74 Å². The van der Waals surface area contributed by atoms with Gasteiger partial charge in [0.1, 0.15) is 6.10 Å². The fraction of sp³-hybridized carbons (Fsp3) is 0.250. The van der Waals surface area contributed by atoms with Crippen LogP contribution in [-0.4, -0.2) is 9.69 Å². The summed E-state index contributed by atoms with van der Waals surface area (Å²) in [7, 11) is 0. The molecular weight excluding hydrogens is 280 g/mol. The van der Waals surface area contributed by atoms with E-state index in [1.54, 1.807) is 0 Å². The molecule has 0 aliphatic carbocycles. The number of rotatable bonds is 1. The lowest BCUT2D eigenvalue weighted by molar-refractivity contribution is 0.176. The van der Waals surface area contributed by atoms with Crippen molar-refractivity contribution in [1.82, 2.24) is 0 Å². The summed E-state index contributed by atoms with van der Waals surface area (Å²) >= 11 is 17.3. The maximum atomic E-state index is 5.76. The van der Waals surface area contributed by atoms with Crippen LogP contribution < -0.4 is 0 Å².